The van der Waals surface area contributed by atoms with Crippen molar-refractivity contribution in [2.24, 2.45) is 11.7 Å². The summed E-state index contributed by atoms with van der Waals surface area (Å²) in [6.45, 7) is 4.04. The van der Waals surface area contributed by atoms with Crippen LogP contribution in [0.1, 0.15) is 42.9 Å². The zero-order valence-corrected chi connectivity index (χ0v) is 12.6. The number of hydrogen-bond acceptors (Lipinski definition) is 3. The number of rotatable bonds is 4. The van der Waals surface area contributed by atoms with Crippen molar-refractivity contribution in [3.63, 3.8) is 0 Å². The van der Waals surface area contributed by atoms with Crippen LogP contribution in [-0.2, 0) is 0 Å². The fraction of sp³-hybridized carbons (Fsp3) is 0.647. The van der Waals surface area contributed by atoms with Gasteiger partial charge in [-0.25, -0.2) is 0 Å². The maximum Gasteiger partial charge on any atom is 0.124 e. The van der Waals surface area contributed by atoms with Gasteiger partial charge in [0.1, 0.15) is 5.75 Å². The van der Waals surface area contributed by atoms with Gasteiger partial charge in [0.05, 0.1) is 6.10 Å². The molecular formula is C17H26N2O. The van der Waals surface area contributed by atoms with Crippen LogP contribution in [0.2, 0.25) is 0 Å². The van der Waals surface area contributed by atoms with Gasteiger partial charge < -0.3 is 10.5 Å². The largest absolute Gasteiger partial charge is 0.490 e. The van der Waals surface area contributed by atoms with Gasteiger partial charge in [-0.3, -0.25) is 4.90 Å². The Hall–Kier alpha value is -1.06. The summed E-state index contributed by atoms with van der Waals surface area (Å²) in [6, 6.07) is 7.08. The number of hydrogen-bond donors (Lipinski definition) is 1. The molecule has 3 nitrogen and oxygen atoms in total. The molecule has 1 aliphatic carbocycles. The van der Waals surface area contributed by atoms with E-state index in [1.165, 1.54) is 30.4 Å². The van der Waals surface area contributed by atoms with Crippen LogP contribution >= 0.6 is 0 Å². The second-order valence-electron chi connectivity index (χ2n) is 6.50. The van der Waals surface area contributed by atoms with Crippen molar-refractivity contribution in [3.05, 3.63) is 29.3 Å². The second-order valence-corrected chi connectivity index (χ2v) is 6.50. The van der Waals surface area contributed by atoms with Crippen LogP contribution in [-0.4, -0.2) is 31.1 Å². The minimum atomic E-state index is 0.438. The molecule has 1 saturated heterocycles. The number of benzene rings is 1. The normalized spacial score (nSPS) is 27.6. The van der Waals surface area contributed by atoms with E-state index in [2.05, 4.69) is 37.1 Å². The first-order valence-corrected chi connectivity index (χ1v) is 7.85. The van der Waals surface area contributed by atoms with E-state index in [-0.39, 0.29) is 0 Å². The van der Waals surface area contributed by atoms with Gasteiger partial charge in [-0.15, -0.1) is 0 Å². The highest BCUT2D eigenvalue weighted by Gasteiger charge is 2.32. The van der Waals surface area contributed by atoms with Crippen molar-refractivity contribution in [1.29, 1.82) is 0 Å². The molecule has 2 N–H and O–H groups in total. The maximum absolute atomic E-state index is 6.21. The minimum absolute atomic E-state index is 0.438. The van der Waals surface area contributed by atoms with Crippen molar-refractivity contribution in [3.8, 4) is 5.75 Å². The Morgan fingerprint density at radius 3 is 2.75 bits per heavy atom. The molecule has 1 saturated carbocycles. The van der Waals surface area contributed by atoms with Crippen molar-refractivity contribution < 1.29 is 4.74 Å². The summed E-state index contributed by atoms with van der Waals surface area (Å²) in [6.07, 6.45) is 5.31. The van der Waals surface area contributed by atoms with Gasteiger partial charge in [0, 0.05) is 18.2 Å². The van der Waals surface area contributed by atoms with E-state index in [4.69, 9.17) is 10.5 Å². The predicted octanol–water partition coefficient (Wildman–Crippen LogP) is 2.88. The number of ether oxygens (including phenoxy) is 1. The molecule has 3 heteroatoms. The van der Waals surface area contributed by atoms with Crippen LogP contribution in [0.4, 0.5) is 0 Å². The smallest absolute Gasteiger partial charge is 0.124 e. The summed E-state index contributed by atoms with van der Waals surface area (Å²) in [7, 11) is 2.20. The average molecular weight is 274 g/mol. The van der Waals surface area contributed by atoms with Crippen LogP contribution in [0.5, 0.6) is 5.75 Å². The van der Waals surface area contributed by atoms with E-state index in [0.29, 0.717) is 18.1 Å². The van der Waals surface area contributed by atoms with E-state index in [9.17, 15) is 0 Å². The molecule has 1 heterocycles. The van der Waals surface area contributed by atoms with Crippen LogP contribution in [0.15, 0.2) is 18.2 Å². The van der Waals surface area contributed by atoms with Gasteiger partial charge in [-0.05, 0) is 58.2 Å². The molecular weight excluding hydrogens is 248 g/mol. The lowest BCUT2D eigenvalue weighted by Gasteiger charge is -2.30. The number of aryl methyl sites for hydroxylation is 1. The van der Waals surface area contributed by atoms with Crippen LogP contribution in [0.25, 0.3) is 0 Å². The Morgan fingerprint density at radius 2 is 2.15 bits per heavy atom. The molecule has 2 aliphatic rings. The summed E-state index contributed by atoms with van der Waals surface area (Å²) >= 11 is 0. The molecule has 2 atom stereocenters. The van der Waals surface area contributed by atoms with E-state index < -0.39 is 0 Å². The third kappa shape index (κ3) is 2.70. The lowest BCUT2D eigenvalue weighted by molar-refractivity contribution is 0.117. The highest BCUT2D eigenvalue weighted by molar-refractivity contribution is 5.40. The minimum Gasteiger partial charge on any atom is -0.490 e. The second kappa shape index (κ2) is 5.74. The number of nitrogens with two attached hydrogens (primary N) is 1. The summed E-state index contributed by atoms with van der Waals surface area (Å²) in [5.41, 5.74) is 8.53. The van der Waals surface area contributed by atoms with Crippen LogP contribution < -0.4 is 10.5 Å². The zero-order valence-electron chi connectivity index (χ0n) is 12.6. The molecule has 1 aliphatic heterocycles. The van der Waals surface area contributed by atoms with E-state index >= 15 is 0 Å². The predicted molar refractivity (Wildman–Crippen MR) is 82.0 cm³/mol. The molecule has 0 radical (unpaired) electrons. The Balaban J connectivity index is 1.84. The van der Waals surface area contributed by atoms with Crippen molar-refractivity contribution in [1.82, 2.24) is 4.90 Å². The fourth-order valence-corrected chi connectivity index (χ4v) is 3.34. The summed E-state index contributed by atoms with van der Waals surface area (Å²) in [5, 5.41) is 0. The molecule has 2 unspecified atom stereocenters. The fourth-order valence-electron chi connectivity index (χ4n) is 3.34. The van der Waals surface area contributed by atoms with E-state index in [0.717, 1.165) is 25.3 Å². The van der Waals surface area contributed by atoms with Gasteiger partial charge in [0.25, 0.3) is 0 Å². The van der Waals surface area contributed by atoms with E-state index in [1.54, 1.807) is 0 Å². The molecule has 20 heavy (non-hydrogen) atoms. The number of likely N-dealkylation sites (tertiary alicyclic amines) is 1. The summed E-state index contributed by atoms with van der Waals surface area (Å²) in [5.74, 6) is 1.71. The Labute approximate surface area is 122 Å². The van der Waals surface area contributed by atoms with Crippen molar-refractivity contribution >= 4 is 0 Å². The Morgan fingerprint density at radius 1 is 1.35 bits per heavy atom. The molecule has 0 amide bonds. The van der Waals surface area contributed by atoms with Gasteiger partial charge in [0.2, 0.25) is 0 Å². The van der Waals surface area contributed by atoms with Gasteiger partial charge in [0.15, 0.2) is 0 Å². The quantitative estimate of drug-likeness (QED) is 0.917. The van der Waals surface area contributed by atoms with Gasteiger partial charge >= 0.3 is 0 Å². The van der Waals surface area contributed by atoms with E-state index in [1.807, 2.05) is 0 Å². The van der Waals surface area contributed by atoms with Gasteiger partial charge in [-0.1, -0.05) is 17.7 Å². The van der Waals surface area contributed by atoms with Crippen LogP contribution in [0.3, 0.4) is 0 Å². The molecule has 0 bridgehead atoms. The summed E-state index contributed by atoms with van der Waals surface area (Å²) < 4.78 is 6.21. The monoisotopic (exact) mass is 274 g/mol. The van der Waals surface area contributed by atoms with Crippen molar-refractivity contribution in [2.75, 3.05) is 20.1 Å². The first-order chi connectivity index (χ1) is 9.67. The lowest BCUT2D eigenvalue weighted by atomic mass is 9.95. The molecule has 1 aromatic carbocycles. The standard InChI is InChI=1S/C17H26N2O/c1-12-6-7-17(20-14-4-3-5-14)15(8-12)16-9-13(10-18)11-19(16)2/h6-8,13-14,16H,3-5,9-11,18H2,1-2H3. The Bertz CT molecular complexity index is 470. The molecule has 2 fully saturated rings. The molecule has 110 valence electrons. The highest BCUT2D eigenvalue weighted by atomic mass is 16.5. The third-order valence-electron chi connectivity index (χ3n) is 4.84. The molecule has 3 rings (SSSR count). The topological polar surface area (TPSA) is 38.5 Å². The third-order valence-corrected chi connectivity index (χ3v) is 4.84. The average Bonchev–Trinajstić information content (AvgIpc) is 2.76. The summed E-state index contributed by atoms with van der Waals surface area (Å²) in [4.78, 5) is 2.43. The first kappa shape index (κ1) is 13.9. The molecule has 0 spiro atoms. The number of nitrogens with zero attached hydrogens (tertiary/aromatic N) is 1. The Kier molecular flexibility index (Phi) is 3.99. The highest BCUT2D eigenvalue weighted by Crippen LogP contribution is 2.40. The van der Waals surface area contributed by atoms with Gasteiger partial charge in [-0.2, -0.15) is 0 Å². The zero-order chi connectivity index (χ0) is 14.1. The SMILES string of the molecule is Cc1ccc(OC2CCC2)c(C2CC(CN)CN2C)c1. The maximum atomic E-state index is 6.21. The first-order valence-electron chi connectivity index (χ1n) is 7.85. The molecule has 0 aromatic heterocycles. The van der Waals surface area contributed by atoms with Crippen molar-refractivity contribution in [2.45, 2.75) is 44.8 Å². The lowest BCUT2D eigenvalue weighted by Crippen LogP contribution is -2.26. The molecule has 1 aromatic rings. The van der Waals surface area contributed by atoms with Crippen LogP contribution in [0, 0.1) is 12.8 Å².